The van der Waals surface area contributed by atoms with E-state index in [1.165, 1.54) is 13.2 Å². The molecule has 1 heterocycles. The molecule has 2 aromatic rings. The van der Waals surface area contributed by atoms with Gasteiger partial charge in [-0.1, -0.05) is 18.2 Å². The summed E-state index contributed by atoms with van der Waals surface area (Å²) in [6, 6.07) is 7.00. The van der Waals surface area contributed by atoms with Crippen LogP contribution in [-0.4, -0.2) is 18.1 Å². The van der Waals surface area contributed by atoms with Crippen LogP contribution >= 0.6 is 0 Å². The highest BCUT2D eigenvalue weighted by Gasteiger charge is 2.34. The zero-order chi connectivity index (χ0) is 18.8. The number of pyridine rings is 1. The Morgan fingerprint density at radius 1 is 1.24 bits per heavy atom. The van der Waals surface area contributed by atoms with Gasteiger partial charge in [0, 0.05) is 0 Å². The van der Waals surface area contributed by atoms with Crippen molar-refractivity contribution >= 4 is 5.97 Å². The molecule has 0 aliphatic carbocycles. The fourth-order valence-corrected chi connectivity index (χ4v) is 2.67. The van der Waals surface area contributed by atoms with Gasteiger partial charge in [0.25, 0.3) is 0 Å². The Balaban J connectivity index is 2.61. The molecule has 0 bridgehead atoms. The van der Waals surface area contributed by atoms with Crippen LogP contribution in [0.15, 0.2) is 30.3 Å². The van der Waals surface area contributed by atoms with E-state index in [0.29, 0.717) is 11.1 Å². The minimum Gasteiger partial charge on any atom is -0.469 e. The number of methoxy groups -OCH3 is 1. The summed E-state index contributed by atoms with van der Waals surface area (Å²) >= 11 is 0. The molecule has 7 heteroatoms. The summed E-state index contributed by atoms with van der Waals surface area (Å²) in [5, 5.41) is 0. The van der Waals surface area contributed by atoms with E-state index in [2.05, 4.69) is 9.72 Å². The monoisotopic (exact) mass is 352 g/mol. The van der Waals surface area contributed by atoms with E-state index in [1.807, 2.05) is 32.0 Å². The predicted molar refractivity (Wildman–Crippen MR) is 87.7 cm³/mol. The first-order valence-electron chi connectivity index (χ1n) is 7.61. The van der Waals surface area contributed by atoms with Crippen molar-refractivity contribution in [3.63, 3.8) is 0 Å². The number of benzene rings is 1. The Bertz CT molecular complexity index is 768. The van der Waals surface area contributed by atoms with Crippen LogP contribution in [0, 0.1) is 13.8 Å². The molecule has 0 saturated heterocycles. The lowest BCUT2D eigenvalue weighted by molar-refractivity contribution is -0.141. The molecule has 1 unspecified atom stereocenters. The average molecular weight is 352 g/mol. The van der Waals surface area contributed by atoms with E-state index in [-0.39, 0.29) is 12.1 Å². The van der Waals surface area contributed by atoms with Crippen molar-refractivity contribution in [3.05, 3.63) is 52.8 Å². The molecule has 0 amide bonds. The Hall–Kier alpha value is -2.41. The quantitative estimate of drug-likeness (QED) is 0.847. The molecule has 134 valence electrons. The van der Waals surface area contributed by atoms with E-state index in [9.17, 15) is 18.0 Å². The second-order valence-corrected chi connectivity index (χ2v) is 5.82. The molecule has 0 aliphatic heterocycles. The zero-order valence-corrected chi connectivity index (χ0v) is 14.1. The molecule has 0 spiro atoms. The predicted octanol–water partition coefficient (Wildman–Crippen LogP) is 3.95. The molecule has 0 radical (unpaired) electrons. The largest absolute Gasteiger partial charge is 0.469 e. The van der Waals surface area contributed by atoms with Crippen molar-refractivity contribution in [2.24, 2.45) is 5.73 Å². The molecule has 1 atom stereocenters. The summed E-state index contributed by atoms with van der Waals surface area (Å²) in [5.74, 6) is -0.611. The SMILES string of the molecule is COC(=O)CC(N)c1cc(-c2c(C)cccc2C)cc(C(F)(F)F)n1. The fraction of sp³-hybridized carbons (Fsp3) is 0.333. The molecule has 0 aliphatic rings. The molecular formula is C18H19F3N2O2. The second-order valence-electron chi connectivity index (χ2n) is 5.82. The van der Waals surface area contributed by atoms with Crippen LogP contribution in [0.25, 0.3) is 11.1 Å². The molecule has 1 aromatic heterocycles. The Labute approximate surface area is 143 Å². The normalized spacial score (nSPS) is 12.8. The van der Waals surface area contributed by atoms with Gasteiger partial charge in [-0.15, -0.1) is 0 Å². The lowest BCUT2D eigenvalue weighted by atomic mass is 9.94. The minimum atomic E-state index is -4.62. The number of carbonyl (C=O) groups is 1. The third kappa shape index (κ3) is 4.36. The van der Waals surface area contributed by atoms with E-state index in [0.717, 1.165) is 17.2 Å². The number of alkyl halides is 3. The maximum Gasteiger partial charge on any atom is 0.433 e. The molecule has 1 aromatic carbocycles. The smallest absolute Gasteiger partial charge is 0.433 e. The zero-order valence-electron chi connectivity index (χ0n) is 14.1. The van der Waals surface area contributed by atoms with Gasteiger partial charge in [-0.25, -0.2) is 4.98 Å². The van der Waals surface area contributed by atoms with Crippen LogP contribution in [0.5, 0.6) is 0 Å². The minimum absolute atomic E-state index is 0.00196. The molecule has 0 saturated carbocycles. The second kappa shape index (κ2) is 7.23. The number of ether oxygens (including phenoxy) is 1. The number of esters is 1. The average Bonchev–Trinajstić information content (AvgIpc) is 2.53. The summed E-state index contributed by atoms with van der Waals surface area (Å²) in [5.41, 5.74) is 7.58. The number of carbonyl (C=O) groups excluding carboxylic acids is 1. The lowest BCUT2D eigenvalue weighted by Gasteiger charge is -2.17. The molecular weight excluding hydrogens is 333 g/mol. The summed E-state index contributed by atoms with van der Waals surface area (Å²) in [4.78, 5) is 15.0. The lowest BCUT2D eigenvalue weighted by Crippen LogP contribution is -2.20. The molecule has 25 heavy (non-hydrogen) atoms. The number of hydrogen-bond donors (Lipinski definition) is 1. The third-order valence-electron chi connectivity index (χ3n) is 3.90. The number of halogens is 3. The molecule has 0 fully saturated rings. The first-order valence-corrected chi connectivity index (χ1v) is 7.61. The number of nitrogens with two attached hydrogens (primary N) is 1. The van der Waals surface area contributed by atoms with Gasteiger partial charge >= 0.3 is 12.1 Å². The number of rotatable bonds is 4. The number of aryl methyl sites for hydroxylation is 2. The van der Waals surface area contributed by atoms with E-state index in [1.54, 1.807) is 0 Å². The van der Waals surface area contributed by atoms with Gasteiger partial charge in [-0.2, -0.15) is 13.2 Å². The first kappa shape index (κ1) is 18.9. The van der Waals surface area contributed by atoms with Gasteiger partial charge in [0.15, 0.2) is 0 Å². The van der Waals surface area contributed by atoms with E-state index < -0.39 is 23.9 Å². The van der Waals surface area contributed by atoms with E-state index >= 15 is 0 Å². The van der Waals surface area contributed by atoms with Crippen molar-refractivity contribution in [2.45, 2.75) is 32.5 Å². The van der Waals surface area contributed by atoms with Crippen molar-refractivity contribution < 1.29 is 22.7 Å². The van der Waals surface area contributed by atoms with Crippen LogP contribution < -0.4 is 5.73 Å². The topological polar surface area (TPSA) is 65.2 Å². The Morgan fingerprint density at radius 3 is 2.36 bits per heavy atom. The fourth-order valence-electron chi connectivity index (χ4n) is 2.67. The van der Waals surface area contributed by atoms with Crippen LogP contribution in [0.2, 0.25) is 0 Å². The molecule has 4 nitrogen and oxygen atoms in total. The number of hydrogen-bond acceptors (Lipinski definition) is 4. The van der Waals surface area contributed by atoms with Gasteiger partial charge in [-0.3, -0.25) is 4.79 Å². The molecule has 2 rings (SSSR count). The van der Waals surface area contributed by atoms with Crippen molar-refractivity contribution in [2.75, 3.05) is 7.11 Å². The highest BCUT2D eigenvalue weighted by molar-refractivity contribution is 5.72. The summed E-state index contributed by atoms with van der Waals surface area (Å²) in [6.45, 7) is 3.65. The maximum atomic E-state index is 13.3. The summed E-state index contributed by atoms with van der Waals surface area (Å²) in [7, 11) is 1.19. The van der Waals surface area contributed by atoms with Crippen LogP contribution in [0.4, 0.5) is 13.2 Å². The number of nitrogens with zero attached hydrogens (tertiary/aromatic N) is 1. The summed E-state index contributed by atoms with van der Waals surface area (Å²) in [6.07, 6.45) is -4.87. The highest BCUT2D eigenvalue weighted by atomic mass is 19.4. The maximum absolute atomic E-state index is 13.3. The standard InChI is InChI=1S/C18H19F3N2O2/c1-10-5-4-6-11(2)17(10)12-7-14(13(22)9-16(24)25-3)23-15(8-12)18(19,20)21/h4-8,13H,9,22H2,1-3H3. The van der Waals surface area contributed by atoms with Crippen molar-refractivity contribution in [3.8, 4) is 11.1 Å². The molecule has 2 N–H and O–H groups in total. The number of aromatic nitrogens is 1. The van der Waals surface area contributed by atoms with Gasteiger partial charge < -0.3 is 10.5 Å². The summed E-state index contributed by atoms with van der Waals surface area (Å²) < 4.78 is 44.3. The van der Waals surface area contributed by atoms with Crippen LogP contribution in [0.1, 0.15) is 35.0 Å². The van der Waals surface area contributed by atoms with Gasteiger partial charge in [-0.05, 0) is 48.2 Å². The third-order valence-corrected chi connectivity index (χ3v) is 3.90. The van der Waals surface area contributed by atoms with Crippen LogP contribution in [0.3, 0.4) is 0 Å². The van der Waals surface area contributed by atoms with Crippen LogP contribution in [-0.2, 0) is 15.7 Å². The Kier molecular flexibility index (Phi) is 5.47. The van der Waals surface area contributed by atoms with Crippen molar-refractivity contribution in [1.82, 2.24) is 4.98 Å². The van der Waals surface area contributed by atoms with E-state index in [4.69, 9.17) is 5.73 Å². The Morgan fingerprint density at radius 2 is 1.84 bits per heavy atom. The highest BCUT2D eigenvalue weighted by Crippen LogP contribution is 2.35. The van der Waals surface area contributed by atoms with Gasteiger partial charge in [0.2, 0.25) is 0 Å². The van der Waals surface area contributed by atoms with Gasteiger partial charge in [0.05, 0.1) is 25.3 Å². The first-order chi connectivity index (χ1) is 11.6. The van der Waals surface area contributed by atoms with Gasteiger partial charge in [0.1, 0.15) is 5.69 Å². The van der Waals surface area contributed by atoms with Crippen molar-refractivity contribution in [1.29, 1.82) is 0 Å².